The lowest BCUT2D eigenvalue weighted by Crippen LogP contribution is -2.57. The second-order valence-corrected chi connectivity index (χ2v) is 9.04. The molecular weight excluding hydrogens is 480 g/mol. The Hall–Kier alpha value is -2.56. The van der Waals surface area contributed by atoms with E-state index in [1.54, 1.807) is 0 Å². The van der Waals surface area contributed by atoms with Gasteiger partial charge >= 0.3 is 11.9 Å². The third-order valence-corrected chi connectivity index (χ3v) is 6.02. The highest BCUT2D eigenvalue weighted by molar-refractivity contribution is 8.76. The van der Waals surface area contributed by atoms with E-state index in [2.05, 4.69) is 21.3 Å². The number of esters is 1. The molecule has 0 radical (unpaired) electrons. The van der Waals surface area contributed by atoms with E-state index in [0.717, 1.165) is 10.8 Å². The summed E-state index contributed by atoms with van der Waals surface area (Å²) in [6.45, 7) is 1.63. The molecule has 0 aromatic carbocycles. The van der Waals surface area contributed by atoms with Gasteiger partial charge in [-0.15, -0.1) is 0 Å². The molecule has 33 heavy (non-hydrogen) atoms. The van der Waals surface area contributed by atoms with Crippen LogP contribution in [0.15, 0.2) is 0 Å². The van der Waals surface area contributed by atoms with Crippen molar-refractivity contribution in [2.45, 2.75) is 32.0 Å². The van der Waals surface area contributed by atoms with E-state index in [1.807, 2.05) is 0 Å². The Balaban J connectivity index is 4.59. The van der Waals surface area contributed by atoms with Crippen LogP contribution in [0.25, 0.3) is 0 Å². The molecule has 9 N–H and O–H groups in total. The molecule has 14 nitrogen and oxygen atoms in total. The van der Waals surface area contributed by atoms with Gasteiger partial charge in [-0.05, 0) is 0 Å². The van der Waals surface area contributed by atoms with Crippen molar-refractivity contribution in [1.82, 2.24) is 21.3 Å². The third-order valence-electron chi connectivity index (χ3n) is 3.64. The topological polar surface area (TPSA) is 232 Å². The molecule has 0 saturated carbocycles. The van der Waals surface area contributed by atoms with Crippen LogP contribution >= 0.6 is 21.6 Å². The molecule has 0 aliphatic heterocycles. The van der Waals surface area contributed by atoms with Gasteiger partial charge in [0.2, 0.25) is 23.6 Å². The van der Waals surface area contributed by atoms with Gasteiger partial charge in [-0.2, -0.15) is 0 Å². The molecule has 0 saturated heterocycles. The highest BCUT2D eigenvalue weighted by Gasteiger charge is 2.26. The Bertz CT molecular complexity index is 711. The van der Waals surface area contributed by atoms with Crippen molar-refractivity contribution in [3.8, 4) is 0 Å². The van der Waals surface area contributed by atoms with Crippen molar-refractivity contribution in [2.75, 3.05) is 37.7 Å². The first-order valence-corrected chi connectivity index (χ1v) is 12.2. The fourth-order valence-corrected chi connectivity index (χ4v) is 4.07. The van der Waals surface area contributed by atoms with Crippen LogP contribution in [0, 0.1) is 0 Å². The molecular formula is C17H30N6O8S2. The van der Waals surface area contributed by atoms with Gasteiger partial charge in [0.05, 0.1) is 6.54 Å². The summed E-state index contributed by atoms with van der Waals surface area (Å²) < 4.78 is 4.75. The van der Waals surface area contributed by atoms with Gasteiger partial charge in [-0.3, -0.25) is 24.0 Å². The van der Waals surface area contributed by atoms with Crippen molar-refractivity contribution in [2.24, 2.45) is 11.5 Å². The number of ether oxygens (including phenoxy) is 1. The Labute approximate surface area is 198 Å². The monoisotopic (exact) mass is 510 g/mol. The summed E-state index contributed by atoms with van der Waals surface area (Å²) in [5.41, 5.74) is 10.9. The number of carbonyl (C=O) groups is 6. The summed E-state index contributed by atoms with van der Waals surface area (Å²) in [5, 5.41) is 18.5. The normalized spacial score (nSPS) is 13.1. The Morgan fingerprint density at radius 2 is 1.48 bits per heavy atom. The van der Waals surface area contributed by atoms with Crippen LogP contribution in [-0.2, 0) is 33.5 Å². The number of nitrogens with one attached hydrogen (secondary N) is 4. The molecule has 16 heteroatoms. The number of carboxylic acids is 1. The van der Waals surface area contributed by atoms with E-state index in [9.17, 15) is 33.9 Å². The second-order valence-electron chi connectivity index (χ2n) is 6.41. The summed E-state index contributed by atoms with van der Waals surface area (Å²) in [6, 6.07) is -3.51. The van der Waals surface area contributed by atoms with Crippen molar-refractivity contribution in [1.29, 1.82) is 0 Å². The number of nitrogens with two attached hydrogens (primary N) is 2. The van der Waals surface area contributed by atoms with Gasteiger partial charge in [-0.25, -0.2) is 4.79 Å². The highest BCUT2D eigenvalue weighted by atomic mass is 33.1. The lowest BCUT2D eigenvalue weighted by molar-refractivity contribution is -0.141. The molecule has 0 spiro atoms. The first kappa shape index (κ1) is 30.4. The lowest BCUT2D eigenvalue weighted by Gasteiger charge is -2.20. The summed E-state index contributed by atoms with van der Waals surface area (Å²) in [5.74, 6) is -3.98. The first-order chi connectivity index (χ1) is 15.5. The predicted octanol–water partition coefficient (Wildman–Crippen LogP) is -3.48. The predicted molar refractivity (Wildman–Crippen MR) is 122 cm³/mol. The Kier molecular flexibility index (Phi) is 15.7. The molecule has 0 heterocycles. The minimum atomic E-state index is -1.28. The second kappa shape index (κ2) is 17.0. The number of amides is 4. The van der Waals surface area contributed by atoms with Crippen LogP contribution in [0.4, 0.5) is 0 Å². The summed E-state index contributed by atoms with van der Waals surface area (Å²) >= 11 is 0. The maximum Gasteiger partial charge on any atom is 0.327 e. The van der Waals surface area contributed by atoms with Gasteiger partial charge in [0.15, 0.2) is 0 Å². The molecule has 0 rings (SSSR count). The number of rotatable bonds is 16. The van der Waals surface area contributed by atoms with Crippen LogP contribution in [0.3, 0.4) is 0 Å². The number of hydrogen-bond acceptors (Lipinski definition) is 11. The molecule has 0 bridgehead atoms. The molecule has 0 aliphatic carbocycles. The van der Waals surface area contributed by atoms with E-state index in [4.69, 9.17) is 16.2 Å². The minimum absolute atomic E-state index is 0.0106. The van der Waals surface area contributed by atoms with E-state index in [0.29, 0.717) is 5.75 Å². The maximum absolute atomic E-state index is 12.4. The molecule has 188 valence electrons. The number of aliphatic carboxylic acids is 1. The molecule has 3 unspecified atom stereocenters. The van der Waals surface area contributed by atoms with Crippen molar-refractivity contribution < 1.29 is 38.6 Å². The summed E-state index contributed by atoms with van der Waals surface area (Å²) in [7, 11) is 2.43. The highest BCUT2D eigenvalue weighted by Crippen LogP contribution is 2.21. The summed E-state index contributed by atoms with van der Waals surface area (Å²) in [4.78, 5) is 69.5. The number of hydrogen-bond donors (Lipinski definition) is 7. The average Bonchev–Trinajstić information content (AvgIpc) is 2.74. The van der Waals surface area contributed by atoms with Crippen LogP contribution in [-0.4, -0.2) is 96.5 Å². The average molecular weight is 511 g/mol. The molecule has 3 atom stereocenters. The Morgan fingerprint density at radius 1 is 0.879 bits per heavy atom. The van der Waals surface area contributed by atoms with Crippen molar-refractivity contribution in [3.05, 3.63) is 0 Å². The third kappa shape index (κ3) is 14.3. The number of carboxylic acid groups (broad SMARTS) is 1. The minimum Gasteiger partial charge on any atom is -0.480 e. The zero-order valence-electron chi connectivity index (χ0n) is 18.3. The van der Waals surface area contributed by atoms with Gasteiger partial charge in [0.1, 0.15) is 24.7 Å². The van der Waals surface area contributed by atoms with E-state index < -0.39 is 60.2 Å². The first-order valence-electron chi connectivity index (χ1n) is 9.67. The fourth-order valence-electron chi connectivity index (χ4n) is 2.09. The molecule has 0 fully saturated rings. The van der Waals surface area contributed by atoms with Gasteiger partial charge in [0.25, 0.3) is 0 Å². The van der Waals surface area contributed by atoms with Crippen LogP contribution in [0.1, 0.15) is 13.8 Å². The lowest BCUT2D eigenvalue weighted by atomic mass is 10.2. The van der Waals surface area contributed by atoms with E-state index in [1.165, 1.54) is 24.6 Å². The van der Waals surface area contributed by atoms with Crippen molar-refractivity contribution >= 4 is 57.2 Å². The van der Waals surface area contributed by atoms with Gasteiger partial charge < -0.3 is 42.6 Å². The Morgan fingerprint density at radius 3 is 2.00 bits per heavy atom. The molecule has 0 aromatic rings. The molecule has 4 amide bonds. The zero-order valence-corrected chi connectivity index (χ0v) is 19.9. The largest absolute Gasteiger partial charge is 0.480 e. The standard InChI is InChI=1S/C17H30N6O8S2/c1-9(24)21-11(5-18)15(27)20-7-14(26)22-12(6-19)16(28)23-13(17(29)30)8-33-32-4-3-31-10(2)25/h11-13H,3-8,18-19H2,1-2H3,(H,20,27)(H,21,24)(H,22,26)(H,23,28)(H,29,30). The van der Waals surface area contributed by atoms with E-state index >= 15 is 0 Å². The zero-order chi connectivity index (χ0) is 25.4. The fraction of sp³-hybridized carbons (Fsp3) is 0.647. The molecule has 0 aromatic heterocycles. The van der Waals surface area contributed by atoms with Crippen molar-refractivity contribution in [3.63, 3.8) is 0 Å². The quantitative estimate of drug-likeness (QED) is 0.0609. The van der Waals surface area contributed by atoms with Crippen LogP contribution in [0.5, 0.6) is 0 Å². The van der Waals surface area contributed by atoms with E-state index in [-0.39, 0.29) is 25.4 Å². The summed E-state index contributed by atoms with van der Waals surface area (Å²) in [6.07, 6.45) is 0. The van der Waals surface area contributed by atoms with Crippen LogP contribution < -0.4 is 32.7 Å². The van der Waals surface area contributed by atoms with Crippen LogP contribution in [0.2, 0.25) is 0 Å². The maximum atomic E-state index is 12.4. The van der Waals surface area contributed by atoms with Gasteiger partial charge in [-0.1, -0.05) is 21.6 Å². The number of carbonyl (C=O) groups excluding carboxylic acids is 5. The SMILES string of the molecule is CC(=O)NC(CN)C(=O)NCC(=O)NC(CN)C(=O)NC(CSSCCOC(C)=O)C(=O)O. The van der Waals surface area contributed by atoms with Gasteiger partial charge in [0, 0.05) is 38.4 Å². The smallest absolute Gasteiger partial charge is 0.327 e. The molecule has 0 aliphatic rings.